The van der Waals surface area contributed by atoms with Crippen LogP contribution in [0.2, 0.25) is 0 Å². The summed E-state index contributed by atoms with van der Waals surface area (Å²) < 4.78 is 2.01. The first-order chi connectivity index (χ1) is 13.2. The van der Waals surface area contributed by atoms with Crippen LogP contribution in [0.25, 0.3) is 21.8 Å². The molecule has 3 aromatic rings. The van der Waals surface area contributed by atoms with Crippen LogP contribution in [0.1, 0.15) is 46.7 Å². The van der Waals surface area contributed by atoms with Gasteiger partial charge in [-0.25, -0.2) is 9.78 Å². The predicted molar refractivity (Wildman–Crippen MR) is 114 cm³/mol. The van der Waals surface area contributed by atoms with Gasteiger partial charge in [-0.3, -0.25) is 4.68 Å². The molecule has 0 saturated carbocycles. The summed E-state index contributed by atoms with van der Waals surface area (Å²) in [5.41, 5.74) is 14.1. The van der Waals surface area contributed by atoms with Gasteiger partial charge >= 0.3 is 6.03 Å². The second kappa shape index (κ2) is 7.30. The summed E-state index contributed by atoms with van der Waals surface area (Å²) in [4.78, 5) is 18.4. The Labute approximate surface area is 165 Å². The van der Waals surface area contributed by atoms with Gasteiger partial charge in [0.25, 0.3) is 0 Å². The number of aromatic nitrogens is 3. The molecular formula is C21H30N6O. The van der Waals surface area contributed by atoms with Crippen molar-refractivity contribution in [3.05, 3.63) is 30.0 Å². The first-order valence-electron chi connectivity index (χ1n) is 9.79. The third-order valence-corrected chi connectivity index (χ3v) is 5.16. The molecule has 28 heavy (non-hydrogen) atoms. The van der Waals surface area contributed by atoms with E-state index in [0.717, 1.165) is 34.9 Å². The average molecular weight is 383 g/mol. The molecule has 0 spiro atoms. The van der Waals surface area contributed by atoms with Crippen molar-refractivity contribution in [2.45, 2.75) is 65.6 Å². The monoisotopic (exact) mass is 382 g/mol. The number of nitrogen functional groups attached to an aromatic ring is 1. The van der Waals surface area contributed by atoms with Gasteiger partial charge in [-0.2, -0.15) is 5.10 Å². The van der Waals surface area contributed by atoms with Crippen LogP contribution in [0.4, 0.5) is 10.6 Å². The maximum atomic E-state index is 12.2. The molecule has 0 atom stereocenters. The summed E-state index contributed by atoms with van der Waals surface area (Å²) in [7, 11) is 0. The van der Waals surface area contributed by atoms with Gasteiger partial charge in [0, 0.05) is 41.0 Å². The van der Waals surface area contributed by atoms with Crippen LogP contribution in [-0.2, 0) is 13.0 Å². The third-order valence-electron chi connectivity index (χ3n) is 5.16. The Balaban J connectivity index is 2.26. The normalized spacial score (nSPS) is 12.2. The van der Waals surface area contributed by atoms with Gasteiger partial charge in [0.05, 0.1) is 5.52 Å². The molecule has 0 bridgehead atoms. The number of nitrogens with two attached hydrogens (primary N) is 2. The Kier molecular flexibility index (Phi) is 5.19. The first kappa shape index (κ1) is 19.9. The molecule has 2 heterocycles. The molecule has 1 aromatic carbocycles. The summed E-state index contributed by atoms with van der Waals surface area (Å²) in [6.07, 6.45) is 1.55. The Bertz CT molecular complexity index is 1020. The van der Waals surface area contributed by atoms with Crippen LogP contribution in [0, 0.1) is 0 Å². The molecule has 0 unspecified atom stereocenters. The van der Waals surface area contributed by atoms with Crippen molar-refractivity contribution in [3.63, 3.8) is 0 Å². The Hall–Kier alpha value is -2.83. The molecule has 150 valence electrons. The minimum atomic E-state index is -0.489. The lowest BCUT2D eigenvalue weighted by Crippen LogP contribution is -2.55. The van der Waals surface area contributed by atoms with Crippen molar-refractivity contribution in [1.82, 2.24) is 19.7 Å². The second-order valence-corrected chi connectivity index (χ2v) is 8.20. The van der Waals surface area contributed by atoms with Crippen LogP contribution in [0.5, 0.6) is 0 Å². The fraction of sp³-hybridized carbons (Fsp3) is 0.476. The van der Waals surface area contributed by atoms with E-state index < -0.39 is 11.6 Å². The number of aryl methyl sites for hydroxylation is 1. The highest BCUT2D eigenvalue weighted by Crippen LogP contribution is 2.34. The first-order valence-corrected chi connectivity index (χ1v) is 9.79. The average Bonchev–Trinajstić information content (AvgIpc) is 2.93. The van der Waals surface area contributed by atoms with Crippen LogP contribution in [0.15, 0.2) is 24.3 Å². The predicted octanol–water partition coefficient (Wildman–Crippen LogP) is 3.69. The van der Waals surface area contributed by atoms with Gasteiger partial charge in [0.1, 0.15) is 5.52 Å². The third kappa shape index (κ3) is 3.37. The van der Waals surface area contributed by atoms with E-state index in [9.17, 15) is 4.79 Å². The summed E-state index contributed by atoms with van der Waals surface area (Å²) in [6, 6.07) is 7.53. The van der Waals surface area contributed by atoms with Gasteiger partial charge in [0.15, 0.2) is 5.82 Å². The van der Waals surface area contributed by atoms with Crippen molar-refractivity contribution >= 4 is 33.7 Å². The molecule has 0 fully saturated rings. The van der Waals surface area contributed by atoms with Crippen molar-refractivity contribution in [1.29, 1.82) is 0 Å². The van der Waals surface area contributed by atoms with Crippen LogP contribution < -0.4 is 11.5 Å². The van der Waals surface area contributed by atoms with Crippen LogP contribution in [0.3, 0.4) is 0 Å². The topological polar surface area (TPSA) is 103 Å². The number of urea groups is 1. The van der Waals surface area contributed by atoms with E-state index >= 15 is 0 Å². The molecule has 7 heteroatoms. The molecule has 0 aliphatic rings. The highest BCUT2D eigenvalue weighted by molar-refractivity contribution is 6.09. The maximum Gasteiger partial charge on any atom is 0.315 e. The molecule has 0 aliphatic heterocycles. The molecule has 7 nitrogen and oxygen atoms in total. The van der Waals surface area contributed by atoms with E-state index in [1.807, 2.05) is 56.6 Å². The van der Waals surface area contributed by atoms with Gasteiger partial charge < -0.3 is 16.4 Å². The standard InChI is InChI=1S/C21H30N6O/c1-6-11-26-16(12-21(4,5)27(13(2)3)20(23)28)17-14-9-7-8-10-15(14)24-19(22)18(17)25-26/h7-10,13H,6,11-12H2,1-5H3,(H2,22,24)(H2,23,28). The van der Waals surface area contributed by atoms with Crippen molar-refractivity contribution < 1.29 is 4.79 Å². The summed E-state index contributed by atoms with van der Waals surface area (Å²) in [5.74, 6) is 0.429. The molecular weight excluding hydrogens is 352 g/mol. The number of carbonyl (C=O) groups is 1. The summed E-state index contributed by atoms with van der Waals surface area (Å²) in [6.45, 7) is 10.9. The molecule has 3 rings (SSSR count). The molecule has 0 radical (unpaired) electrons. The quantitative estimate of drug-likeness (QED) is 0.678. The number of para-hydroxylation sites is 1. The maximum absolute atomic E-state index is 12.2. The fourth-order valence-corrected chi connectivity index (χ4v) is 4.25. The number of fused-ring (bicyclic) bond motifs is 3. The number of carbonyl (C=O) groups excluding carboxylic acids is 1. The van der Waals surface area contributed by atoms with E-state index in [1.165, 1.54) is 0 Å². The number of hydrogen-bond donors (Lipinski definition) is 2. The molecule has 0 saturated heterocycles. The van der Waals surface area contributed by atoms with Crippen molar-refractivity contribution in [3.8, 4) is 0 Å². The zero-order chi connectivity index (χ0) is 20.6. The lowest BCUT2D eigenvalue weighted by Gasteiger charge is -2.40. The van der Waals surface area contributed by atoms with Crippen LogP contribution >= 0.6 is 0 Å². The van der Waals surface area contributed by atoms with Crippen molar-refractivity contribution in [2.24, 2.45) is 5.73 Å². The number of pyridine rings is 1. The molecule has 4 N–H and O–H groups in total. The summed E-state index contributed by atoms with van der Waals surface area (Å²) >= 11 is 0. The highest BCUT2D eigenvalue weighted by atomic mass is 16.2. The SMILES string of the molecule is CCCn1nc2c(N)nc3ccccc3c2c1CC(C)(C)N(C(N)=O)C(C)C. The van der Waals surface area contributed by atoms with E-state index in [0.29, 0.717) is 17.8 Å². The zero-order valence-electron chi connectivity index (χ0n) is 17.4. The number of anilines is 1. The van der Waals surface area contributed by atoms with Gasteiger partial charge in [-0.15, -0.1) is 0 Å². The Morgan fingerprint density at radius 1 is 1.29 bits per heavy atom. The lowest BCUT2D eigenvalue weighted by molar-refractivity contribution is 0.115. The molecule has 2 aromatic heterocycles. The number of hydrogen-bond acceptors (Lipinski definition) is 4. The number of benzene rings is 1. The van der Waals surface area contributed by atoms with E-state index in [2.05, 4.69) is 11.9 Å². The lowest BCUT2D eigenvalue weighted by atomic mass is 9.92. The summed E-state index contributed by atoms with van der Waals surface area (Å²) in [5, 5.41) is 6.81. The fourth-order valence-electron chi connectivity index (χ4n) is 4.25. The van der Waals surface area contributed by atoms with Gasteiger partial charge in [-0.05, 0) is 40.2 Å². The van der Waals surface area contributed by atoms with E-state index in [-0.39, 0.29) is 6.04 Å². The number of primary amides is 1. The molecule has 2 amide bonds. The molecule has 0 aliphatic carbocycles. The number of nitrogens with zero attached hydrogens (tertiary/aromatic N) is 4. The Morgan fingerprint density at radius 2 is 1.96 bits per heavy atom. The van der Waals surface area contributed by atoms with E-state index in [4.69, 9.17) is 16.6 Å². The zero-order valence-corrected chi connectivity index (χ0v) is 17.4. The minimum Gasteiger partial charge on any atom is -0.382 e. The van der Waals surface area contributed by atoms with Gasteiger partial charge in [-0.1, -0.05) is 25.1 Å². The largest absolute Gasteiger partial charge is 0.382 e. The highest BCUT2D eigenvalue weighted by Gasteiger charge is 2.34. The van der Waals surface area contributed by atoms with Gasteiger partial charge in [0.2, 0.25) is 0 Å². The number of rotatable bonds is 6. The smallest absolute Gasteiger partial charge is 0.315 e. The van der Waals surface area contributed by atoms with Crippen molar-refractivity contribution in [2.75, 3.05) is 5.73 Å². The minimum absolute atomic E-state index is 0.00945. The van der Waals surface area contributed by atoms with E-state index in [1.54, 1.807) is 4.90 Å². The Morgan fingerprint density at radius 3 is 2.57 bits per heavy atom. The number of amides is 2. The van der Waals surface area contributed by atoms with Crippen LogP contribution in [-0.4, -0.2) is 37.3 Å². The second-order valence-electron chi connectivity index (χ2n) is 8.20.